The molecule has 1 nitrogen and oxygen atoms in total. The Hall–Kier alpha value is -2.54. The van der Waals surface area contributed by atoms with Gasteiger partial charge in [0.05, 0.1) is 0 Å². The van der Waals surface area contributed by atoms with E-state index in [1.165, 1.54) is 38.9 Å². The van der Waals surface area contributed by atoms with Crippen LogP contribution in [0.15, 0.2) is 54.6 Å². The van der Waals surface area contributed by atoms with Gasteiger partial charge in [0.1, 0.15) is 0 Å². The van der Waals surface area contributed by atoms with Gasteiger partial charge in [0.15, 0.2) is 0 Å². The normalized spacial score (nSPS) is 12.1. The SMILES string of the molecule is Cc1cccc(-c2ccc3c(c2N)Cc2ccccc2-3)c1C. The van der Waals surface area contributed by atoms with E-state index in [1.807, 2.05) is 0 Å². The van der Waals surface area contributed by atoms with Crippen LogP contribution in [0.4, 0.5) is 5.69 Å². The second kappa shape index (κ2) is 4.74. The first-order valence-electron chi connectivity index (χ1n) is 7.73. The van der Waals surface area contributed by atoms with Crippen LogP contribution in [0.2, 0.25) is 0 Å². The lowest BCUT2D eigenvalue weighted by molar-refractivity contribution is 1.26. The van der Waals surface area contributed by atoms with Crippen molar-refractivity contribution in [2.24, 2.45) is 0 Å². The molecule has 0 spiro atoms. The van der Waals surface area contributed by atoms with Gasteiger partial charge < -0.3 is 5.73 Å². The van der Waals surface area contributed by atoms with E-state index in [1.54, 1.807) is 0 Å². The van der Waals surface area contributed by atoms with Crippen LogP contribution >= 0.6 is 0 Å². The molecular weight excluding hydrogens is 266 g/mol. The van der Waals surface area contributed by atoms with Gasteiger partial charge in [0.25, 0.3) is 0 Å². The molecule has 0 radical (unpaired) electrons. The molecule has 0 aliphatic heterocycles. The van der Waals surface area contributed by atoms with Gasteiger partial charge in [-0.1, -0.05) is 54.6 Å². The molecule has 1 heteroatoms. The van der Waals surface area contributed by atoms with Crippen LogP contribution in [0.25, 0.3) is 22.3 Å². The number of hydrogen-bond donors (Lipinski definition) is 1. The van der Waals surface area contributed by atoms with Crippen molar-refractivity contribution in [1.29, 1.82) is 0 Å². The van der Waals surface area contributed by atoms with Crippen molar-refractivity contribution in [3.63, 3.8) is 0 Å². The fourth-order valence-corrected chi connectivity index (χ4v) is 3.51. The van der Waals surface area contributed by atoms with Gasteiger partial charge in [-0.05, 0) is 52.8 Å². The number of benzene rings is 3. The van der Waals surface area contributed by atoms with Crippen molar-refractivity contribution in [3.8, 4) is 22.3 Å². The number of anilines is 1. The van der Waals surface area contributed by atoms with Crippen LogP contribution in [0.5, 0.6) is 0 Å². The van der Waals surface area contributed by atoms with Crippen molar-refractivity contribution in [2.45, 2.75) is 20.3 Å². The Morgan fingerprint density at radius 2 is 1.45 bits per heavy atom. The summed E-state index contributed by atoms with van der Waals surface area (Å²) in [6.07, 6.45) is 0.941. The van der Waals surface area contributed by atoms with E-state index in [0.29, 0.717) is 0 Å². The van der Waals surface area contributed by atoms with Gasteiger partial charge in [-0.15, -0.1) is 0 Å². The summed E-state index contributed by atoms with van der Waals surface area (Å²) in [6, 6.07) is 19.4. The smallest absolute Gasteiger partial charge is 0.0436 e. The largest absolute Gasteiger partial charge is 0.398 e. The predicted molar refractivity (Wildman–Crippen MR) is 94.0 cm³/mol. The van der Waals surface area contributed by atoms with Crippen LogP contribution in [0, 0.1) is 13.8 Å². The highest BCUT2D eigenvalue weighted by molar-refractivity contribution is 5.90. The minimum atomic E-state index is 0.933. The molecule has 1 aliphatic rings. The molecule has 0 aromatic heterocycles. The molecular formula is C21H19N. The summed E-state index contributed by atoms with van der Waals surface area (Å²) in [7, 11) is 0. The standard InChI is InChI=1S/C21H19N/c1-13-6-5-9-16(14(13)2)19-11-10-18-17-8-4-3-7-15(17)12-20(18)21(19)22/h3-11H,12,22H2,1-2H3. The number of hydrogen-bond acceptors (Lipinski definition) is 1. The monoisotopic (exact) mass is 285 g/mol. The van der Waals surface area contributed by atoms with Crippen LogP contribution in [0.1, 0.15) is 22.3 Å². The summed E-state index contributed by atoms with van der Waals surface area (Å²) in [6.45, 7) is 4.32. The Morgan fingerprint density at radius 1 is 0.727 bits per heavy atom. The number of aryl methyl sites for hydroxylation is 1. The zero-order valence-corrected chi connectivity index (χ0v) is 13.0. The maximum atomic E-state index is 6.57. The van der Waals surface area contributed by atoms with Crippen molar-refractivity contribution < 1.29 is 0 Å². The van der Waals surface area contributed by atoms with Gasteiger partial charge >= 0.3 is 0 Å². The molecule has 3 aromatic rings. The van der Waals surface area contributed by atoms with Crippen LogP contribution in [-0.4, -0.2) is 0 Å². The third-order valence-corrected chi connectivity index (χ3v) is 4.93. The molecule has 0 heterocycles. The van der Waals surface area contributed by atoms with Gasteiger partial charge in [-0.3, -0.25) is 0 Å². The molecule has 0 saturated heterocycles. The maximum absolute atomic E-state index is 6.57. The Kier molecular flexibility index (Phi) is 2.83. The quantitative estimate of drug-likeness (QED) is 0.482. The molecule has 0 amide bonds. The van der Waals surface area contributed by atoms with E-state index in [2.05, 4.69) is 68.4 Å². The summed E-state index contributed by atoms with van der Waals surface area (Å²) >= 11 is 0. The topological polar surface area (TPSA) is 26.0 Å². The second-order valence-corrected chi connectivity index (χ2v) is 6.13. The molecule has 22 heavy (non-hydrogen) atoms. The van der Waals surface area contributed by atoms with Crippen molar-refractivity contribution in [3.05, 3.63) is 76.9 Å². The fraction of sp³-hybridized carbons (Fsp3) is 0.143. The molecule has 1 aliphatic carbocycles. The number of rotatable bonds is 1. The van der Waals surface area contributed by atoms with Crippen LogP contribution < -0.4 is 5.73 Å². The van der Waals surface area contributed by atoms with E-state index in [9.17, 15) is 0 Å². The second-order valence-electron chi connectivity index (χ2n) is 6.13. The predicted octanol–water partition coefficient (Wildman–Crippen LogP) is 5.12. The molecule has 0 atom stereocenters. The summed E-state index contributed by atoms with van der Waals surface area (Å²) in [4.78, 5) is 0. The first kappa shape index (κ1) is 13.1. The first-order valence-corrected chi connectivity index (χ1v) is 7.73. The number of nitrogens with two attached hydrogens (primary N) is 1. The Balaban J connectivity index is 1.93. The Labute approximate surface area is 131 Å². The molecule has 0 fully saturated rings. The highest BCUT2D eigenvalue weighted by atomic mass is 14.6. The lowest BCUT2D eigenvalue weighted by Gasteiger charge is -2.14. The molecule has 0 bridgehead atoms. The minimum absolute atomic E-state index is 0.933. The molecule has 108 valence electrons. The van der Waals surface area contributed by atoms with Crippen molar-refractivity contribution >= 4 is 5.69 Å². The van der Waals surface area contributed by atoms with Crippen LogP contribution in [-0.2, 0) is 6.42 Å². The molecule has 2 N–H and O–H groups in total. The van der Waals surface area contributed by atoms with Gasteiger partial charge in [-0.2, -0.15) is 0 Å². The van der Waals surface area contributed by atoms with Gasteiger partial charge in [0, 0.05) is 17.7 Å². The average Bonchev–Trinajstić information content (AvgIpc) is 2.91. The summed E-state index contributed by atoms with van der Waals surface area (Å²) < 4.78 is 0. The minimum Gasteiger partial charge on any atom is -0.398 e. The Bertz CT molecular complexity index is 890. The third-order valence-electron chi connectivity index (χ3n) is 4.93. The van der Waals surface area contributed by atoms with Crippen molar-refractivity contribution in [2.75, 3.05) is 5.73 Å². The highest BCUT2D eigenvalue weighted by Crippen LogP contribution is 2.43. The fourth-order valence-electron chi connectivity index (χ4n) is 3.51. The molecule has 0 unspecified atom stereocenters. The van der Waals surface area contributed by atoms with E-state index >= 15 is 0 Å². The van der Waals surface area contributed by atoms with E-state index in [4.69, 9.17) is 5.73 Å². The summed E-state index contributed by atoms with van der Waals surface area (Å²) in [5, 5.41) is 0. The summed E-state index contributed by atoms with van der Waals surface area (Å²) in [5.41, 5.74) is 17.8. The maximum Gasteiger partial charge on any atom is 0.0436 e. The summed E-state index contributed by atoms with van der Waals surface area (Å²) in [5.74, 6) is 0. The molecule has 3 aromatic carbocycles. The molecule has 4 rings (SSSR count). The highest BCUT2D eigenvalue weighted by Gasteiger charge is 2.22. The van der Waals surface area contributed by atoms with Gasteiger partial charge in [0.2, 0.25) is 0 Å². The van der Waals surface area contributed by atoms with Crippen LogP contribution in [0.3, 0.4) is 0 Å². The van der Waals surface area contributed by atoms with E-state index in [0.717, 1.165) is 17.7 Å². The van der Waals surface area contributed by atoms with Crippen molar-refractivity contribution in [1.82, 2.24) is 0 Å². The van der Waals surface area contributed by atoms with Gasteiger partial charge in [-0.25, -0.2) is 0 Å². The number of fused-ring (bicyclic) bond motifs is 3. The zero-order chi connectivity index (χ0) is 15.3. The molecule has 0 saturated carbocycles. The van der Waals surface area contributed by atoms with E-state index < -0.39 is 0 Å². The average molecular weight is 285 g/mol. The third kappa shape index (κ3) is 1.79. The lowest BCUT2D eigenvalue weighted by Crippen LogP contribution is -1.98. The van der Waals surface area contributed by atoms with E-state index in [-0.39, 0.29) is 0 Å². The Morgan fingerprint density at radius 3 is 2.32 bits per heavy atom. The number of nitrogen functional groups attached to an aromatic ring is 1. The lowest BCUT2D eigenvalue weighted by atomic mass is 9.92. The first-order chi connectivity index (χ1) is 10.7. The zero-order valence-electron chi connectivity index (χ0n) is 13.0.